The van der Waals surface area contributed by atoms with Gasteiger partial charge >= 0.3 is 0 Å². The average molecular weight is 348 g/mol. The van der Waals surface area contributed by atoms with E-state index >= 15 is 0 Å². The molecule has 3 rings (SSSR count). The molecule has 0 spiro atoms. The van der Waals surface area contributed by atoms with Crippen LogP contribution in [-0.4, -0.2) is 21.2 Å². The van der Waals surface area contributed by atoms with Gasteiger partial charge in [-0.15, -0.1) is 0 Å². The van der Waals surface area contributed by atoms with E-state index in [0.717, 1.165) is 11.1 Å². The largest absolute Gasteiger partial charge is 0.297 e. The standard InChI is InChI=1S/C19H21FO3S/c1-14-2-10-19(11-3-14)24(21,22)23-13-18(20)12-15-4-6-16(7-5-15)17-8-9-17/h2-7,10-11,17-18H,8-9,12-13H2,1H3/t18-/m0/s1. The van der Waals surface area contributed by atoms with E-state index in [1.807, 2.05) is 31.2 Å². The first-order chi connectivity index (χ1) is 11.4. The maximum absolute atomic E-state index is 14.1. The lowest BCUT2D eigenvalue weighted by atomic mass is 10.0. The van der Waals surface area contributed by atoms with Gasteiger partial charge in [0.2, 0.25) is 0 Å². The Kier molecular flexibility index (Phi) is 5.01. The maximum Gasteiger partial charge on any atom is 0.297 e. The summed E-state index contributed by atoms with van der Waals surface area (Å²) >= 11 is 0. The Morgan fingerprint density at radius 3 is 2.29 bits per heavy atom. The van der Waals surface area contributed by atoms with E-state index in [4.69, 9.17) is 4.18 Å². The Labute approximate surface area is 142 Å². The molecule has 3 nitrogen and oxygen atoms in total. The summed E-state index contributed by atoms with van der Waals surface area (Å²) < 4.78 is 43.0. The molecule has 24 heavy (non-hydrogen) atoms. The molecule has 5 heteroatoms. The number of alkyl halides is 1. The number of halogens is 1. The van der Waals surface area contributed by atoms with Gasteiger partial charge in [0.05, 0.1) is 11.5 Å². The van der Waals surface area contributed by atoms with Crippen molar-refractivity contribution in [1.82, 2.24) is 0 Å². The molecule has 128 valence electrons. The van der Waals surface area contributed by atoms with Crippen LogP contribution in [0.3, 0.4) is 0 Å². The zero-order valence-corrected chi connectivity index (χ0v) is 14.4. The summed E-state index contributed by atoms with van der Waals surface area (Å²) in [5.41, 5.74) is 3.10. The SMILES string of the molecule is Cc1ccc(S(=O)(=O)OC[C@@H](F)Cc2ccc(C3CC3)cc2)cc1. The molecule has 0 aromatic heterocycles. The van der Waals surface area contributed by atoms with E-state index in [2.05, 4.69) is 0 Å². The van der Waals surface area contributed by atoms with Crippen LogP contribution in [0.1, 0.15) is 35.4 Å². The lowest BCUT2D eigenvalue weighted by molar-refractivity contribution is 0.200. The van der Waals surface area contributed by atoms with Gasteiger partial charge in [-0.2, -0.15) is 8.42 Å². The van der Waals surface area contributed by atoms with Crippen LogP contribution < -0.4 is 0 Å². The van der Waals surface area contributed by atoms with E-state index < -0.39 is 22.9 Å². The summed E-state index contributed by atoms with van der Waals surface area (Å²) in [7, 11) is -3.91. The molecule has 1 fully saturated rings. The van der Waals surface area contributed by atoms with Crippen LogP contribution in [0.15, 0.2) is 53.4 Å². The van der Waals surface area contributed by atoms with Crippen molar-refractivity contribution in [3.8, 4) is 0 Å². The van der Waals surface area contributed by atoms with Crippen molar-refractivity contribution < 1.29 is 17.0 Å². The van der Waals surface area contributed by atoms with Gasteiger partial charge < -0.3 is 0 Å². The molecular formula is C19H21FO3S. The summed E-state index contributed by atoms with van der Waals surface area (Å²) in [4.78, 5) is 0.0501. The van der Waals surface area contributed by atoms with Crippen LogP contribution in [-0.2, 0) is 20.7 Å². The van der Waals surface area contributed by atoms with Crippen molar-refractivity contribution in [3.63, 3.8) is 0 Å². The highest BCUT2D eigenvalue weighted by Crippen LogP contribution is 2.39. The van der Waals surface area contributed by atoms with Crippen molar-refractivity contribution in [2.24, 2.45) is 0 Å². The lowest BCUT2D eigenvalue weighted by Gasteiger charge is -2.10. The van der Waals surface area contributed by atoms with Crippen molar-refractivity contribution >= 4 is 10.1 Å². The molecule has 1 aliphatic carbocycles. The van der Waals surface area contributed by atoms with Crippen molar-refractivity contribution in [1.29, 1.82) is 0 Å². The molecule has 0 bridgehead atoms. The van der Waals surface area contributed by atoms with Crippen LogP contribution >= 0.6 is 0 Å². The van der Waals surface area contributed by atoms with Gasteiger partial charge in [-0.3, -0.25) is 4.18 Å². The number of aryl methyl sites for hydroxylation is 1. The molecule has 0 unspecified atom stereocenters. The van der Waals surface area contributed by atoms with Crippen molar-refractivity contribution in [3.05, 3.63) is 65.2 Å². The highest BCUT2D eigenvalue weighted by Gasteiger charge is 2.23. The maximum atomic E-state index is 14.1. The van der Waals surface area contributed by atoms with Crippen molar-refractivity contribution in [2.75, 3.05) is 6.61 Å². The number of hydrogen-bond donors (Lipinski definition) is 0. The zero-order valence-electron chi connectivity index (χ0n) is 13.6. The second-order valence-electron chi connectivity index (χ2n) is 6.37. The van der Waals surface area contributed by atoms with E-state index in [9.17, 15) is 12.8 Å². The highest BCUT2D eigenvalue weighted by atomic mass is 32.2. The highest BCUT2D eigenvalue weighted by molar-refractivity contribution is 7.86. The first-order valence-electron chi connectivity index (χ1n) is 8.13. The van der Waals surface area contributed by atoms with Gasteiger partial charge in [0.25, 0.3) is 10.1 Å². The molecule has 0 heterocycles. The summed E-state index contributed by atoms with van der Waals surface area (Å²) in [6.07, 6.45) is 1.25. The van der Waals surface area contributed by atoms with E-state index in [0.29, 0.717) is 5.92 Å². The summed E-state index contributed by atoms with van der Waals surface area (Å²) in [6.45, 7) is 1.39. The van der Waals surface area contributed by atoms with Crippen LogP contribution in [0.4, 0.5) is 4.39 Å². The topological polar surface area (TPSA) is 43.4 Å². The average Bonchev–Trinajstić information content (AvgIpc) is 3.39. The molecule has 2 aromatic carbocycles. The third-order valence-corrected chi connectivity index (χ3v) is 5.50. The predicted octanol–water partition coefficient (Wildman–Crippen LogP) is 4.16. The minimum absolute atomic E-state index is 0.0501. The first-order valence-corrected chi connectivity index (χ1v) is 9.54. The lowest BCUT2D eigenvalue weighted by Crippen LogP contribution is -2.17. The number of benzene rings is 2. The van der Waals surface area contributed by atoms with Gasteiger partial charge in [-0.1, -0.05) is 42.0 Å². The fourth-order valence-electron chi connectivity index (χ4n) is 2.59. The van der Waals surface area contributed by atoms with Gasteiger partial charge in [-0.25, -0.2) is 4.39 Å². The van der Waals surface area contributed by atoms with Crippen LogP contribution in [0.5, 0.6) is 0 Å². The Hall–Kier alpha value is -1.72. The summed E-state index contributed by atoms with van der Waals surface area (Å²) in [5.74, 6) is 0.670. The second kappa shape index (κ2) is 7.03. The fraction of sp³-hybridized carbons (Fsp3) is 0.368. The molecule has 0 amide bonds. The fourth-order valence-corrected chi connectivity index (χ4v) is 3.53. The molecule has 1 saturated carbocycles. The molecule has 0 radical (unpaired) electrons. The van der Waals surface area contributed by atoms with Crippen LogP contribution in [0.25, 0.3) is 0 Å². The third kappa shape index (κ3) is 4.42. The molecule has 2 aromatic rings. The van der Waals surface area contributed by atoms with Crippen molar-refractivity contribution in [2.45, 2.75) is 43.2 Å². The minimum Gasteiger partial charge on any atom is -0.263 e. The summed E-state index contributed by atoms with van der Waals surface area (Å²) in [5, 5.41) is 0. The number of rotatable bonds is 7. The van der Waals surface area contributed by atoms with E-state index in [-0.39, 0.29) is 11.3 Å². The summed E-state index contributed by atoms with van der Waals surface area (Å²) in [6, 6.07) is 14.2. The van der Waals surface area contributed by atoms with Crippen LogP contribution in [0.2, 0.25) is 0 Å². The van der Waals surface area contributed by atoms with Crippen LogP contribution in [0, 0.1) is 6.92 Å². The predicted molar refractivity (Wildman–Crippen MR) is 91.3 cm³/mol. The smallest absolute Gasteiger partial charge is 0.263 e. The molecule has 0 N–H and O–H groups in total. The van der Waals surface area contributed by atoms with Gasteiger partial charge in [0, 0.05) is 6.42 Å². The van der Waals surface area contributed by atoms with Gasteiger partial charge in [0.1, 0.15) is 6.17 Å². The monoisotopic (exact) mass is 348 g/mol. The Morgan fingerprint density at radius 1 is 1.08 bits per heavy atom. The molecular weight excluding hydrogens is 327 g/mol. The van der Waals surface area contributed by atoms with Gasteiger partial charge in [-0.05, 0) is 48.9 Å². The van der Waals surface area contributed by atoms with E-state index in [1.165, 1.54) is 30.5 Å². The van der Waals surface area contributed by atoms with Gasteiger partial charge in [0.15, 0.2) is 0 Å². The number of hydrogen-bond acceptors (Lipinski definition) is 3. The second-order valence-corrected chi connectivity index (χ2v) is 7.98. The third-order valence-electron chi connectivity index (χ3n) is 4.20. The Bertz CT molecular complexity index is 778. The molecule has 0 aliphatic heterocycles. The Balaban J connectivity index is 1.54. The molecule has 0 saturated heterocycles. The quantitative estimate of drug-likeness (QED) is 0.706. The Morgan fingerprint density at radius 2 is 1.71 bits per heavy atom. The molecule has 1 aliphatic rings. The normalized spacial score (nSPS) is 16.1. The zero-order chi connectivity index (χ0) is 17.2. The van der Waals surface area contributed by atoms with E-state index in [1.54, 1.807) is 12.1 Å². The molecule has 1 atom stereocenters. The minimum atomic E-state index is -3.91. The first kappa shape index (κ1) is 17.1.